The van der Waals surface area contributed by atoms with Gasteiger partial charge in [0.2, 0.25) is 5.91 Å². The maximum atomic E-state index is 11.6. The van der Waals surface area contributed by atoms with Crippen LogP contribution in [0.3, 0.4) is 0 Å². The predicted molar refractivity (Wildman–Crippen MR) is 73.0 cm³/mol. The Morgan fingerprint density at radius 1 is 1.39 bits per heavy atom. The first kappa shape index (κ1) is 14.9. The molecule has 0 aliphatic rings. The lowest BCUT2D eigenvalue weighted by molar-refractivity contribution is -0.133. The molecule has 0 heterocycles. The highest BCUT2D eigenvalue weighted by atomic mass is 35.5. The molecule has 0 fully saturated rings. The van der Waals surface area contributed by atoms with E-state index in [4.69, 9.17) is 16.7 Å². The van der Waals surface area contributed by atoms with Gasteiger partial charge in [-0.25, -0.2) is 0 Å². The molecule has 0 aromatic heterocycles. The van der Waals surface area contributed by atoms with Crippen molar-refractivity contribution in [3.63, 3.8) is 0 Å². The summed E-state index contributed by atoms with van der Waals surface area (Å²) in [6.07, 6.45) is 0. The van der Waals surface area contributed by atoms with E-state index in [-0.39, 0.29) is 23.5 Å². The predicted octanol–water partition coefficient (Wildman–Crippen LogP) is 2.33. The minimum atomic E-state index is -0.924. The number of hydrogen-bond acceptors (Lipinski definition) is 3. The van der Waals surface area contributed by atoms with Crippen molar-refractivity contribution in [2.75, 3.05) is 11.5 Å². The SMILES string of the molecule is C[C@@H](NC(=O)CSCC(=O)O)c1ccccc1Cl. The molecule has 0 aliphatic heterocycles. The van der Waals surface area contributed by atoms with Crippen LogP contribution in [0.1, 0.15) is 18.5 Å². The number of aliphatic carboxylic acids is 1. The van der Waals surface area contributed by atoms with Crippen LogP contribution in [0.15, 0.2) is 24.3 Å². The molecule has 1 amide bonds. The average molecular weight is 288 g/mol. The second-order valence-corrected chi connectivity index (χ2v) is 5.09. The van der Waals surface area contributed by atoms with Gasteiger partial charge in [-0.3, -0.25) is 9.59 Å². The standard InChI is InChI=1S/C12H14ClNO3S/c1-8(9-4-2-3-5-10(9)13)14-11(15)6-18-7-12(16)17/h2-5,8H,6-7H2,1H3,(H,14,15)(H,16,17)/t8-/m1/s1. The molecule has 0 spiro atoms. The number of thioether (sulfide) groups is 1. The lowest BCUT2D eigenvalue weighted by atomic mass is 10.1. The van der Waals surface area contributed by atoms with Gasteiger partial charge in [0.1, 0.15) is 0 Å². The van der Waals surface area contributed by atoms with Gasteiger partial charge in [0.05, 0.1) is 17.5 Å². The van der Waals surface area contributed by atoms with Crippen LogP contribution in [0, 0.1) is 0 Å². The Balaban J connectivity index is 2.45. The van der Waals surface area contributed by atoms with E-state index in [1.807, 2.05) is 25.1 Å². The molecule has 6 heteroatoms. The van der Waals surface area contributed by atoms with E-state index in [0.29, 0.717) is 5.02 Å². The van der Waals surface area contributed by atoms with Gasteiger partial charge >= 0.3 is 5.97 Å². The summed E-state index contributed by atoms with van der Waals surface area (Å²) in [7, 11) is 0. The van der Waals surface area contributed by atoms with Crippen LogP contribution in [-0.4, -0.2) is 28.5 Å². The third kappa shape index (κ3) is 4.98. The normalized spacial score (nSPS) is 11.9. The van der Waals surface area contributed by atoms with Crippen LogP contribution >= 0.6 is 23.4 Å². The van der Waals surface area contributed by atoms with Gasteiger partial charge in [-0.05, 0) is 18.6 Å². The number of hydrogen-bond donors (Lipinski definition) is 2. The van der Waals surface area contributed by atoms with Gasteiger partial charge in [0, 0.05) is 5.02 Å². The summed E-state index contributed by atoms with van der Waals surface area (Å²) < 4.78 is 0. The van der Waals surface area contributed by atoms with Gasteiger partial charge < -0.3 is 10.4 Å². The zero-order valence-electron chi connectivity index (χ0n) is 9.85. The smallest absolute Gasteiger partial charge is 0.313 e. The Hall–Kier alpha value is -1.20. The topological polar surface area (TPSA) is 66.4 Å². The van der Waals surface area contributed by atoms with Gasteiger partial charge in [0.25, 0.3) is 0 Å². The Bertz CT molecular complexity index is 439. The Morgan fingerprint density at radius 2 is 2.06 bits per heavy atom. The lowest BCUT2D eigenvalue weighted by Gasteiger charge is -2.15. The molecule has 4 nitrogen and oxygen atoms in total. The molecular weight excluding hydrogens is 274 g/mol. The molecule has 0 radical (unpaired) electrons. The summed E-state index contributed by atoms with van der Waals surface area (Å²) in [4.78, 5) is 21.9. The third-order valence-electron chi connectivity index (χ3n) is 2.21. The fourth-order valence-corrected chi connectivity index (χ4v) is 2.26. The molecule has 98 valence electrons. The molecule has 0 aliphatic carbocycles. The van der Waals surface area contributed by atoms with Crippen LogP contribution in [0.4, 0.5) is 0 Å². The van der Waals surface area contributed by atoms with Gasteiger partial charge in [0.15, 0.2) is 0 Å². The maximum absolute atomic E-state index is 11.6. The third-order valence-corrected chi connectivity index (χ3v) is 3.47. The fourth-order valence-electron chi connectivity index (χ4n) is 1.42. The number of carbonyl (C=O) groups excluding carboxylic acids is 1. The first-order valence-electron chi connectivity index (χ1n) is 5.34. The number of benzene rings is 1. The van der Waals surface area contributed by atoms with Crippen molar-refractivity contribution in [3.05, 3.63) is 34.9 Å². The number of carboxylic acids is 1. The van der Waals surface area contributed by atoms with Crippen LogP contribution in [-0.2, 0) is 9.59 Å². The van der Waals surface area contributed by atoms with Gasteiger partial charge in [-0.1, -0.05) is 29.8 Å². The van der Waals surface area contributed by atoms with Crippen LogP contribution < -0.4 is 5.32 Å². The van der Waals surface area contributed by atoms with Crippen molar-refractivity contribution in [2.45, 2.75) is 13.0 Å². The summed E-state index contributed by atoms with van der Waals surface area (Å²) in [6.45, 7) is 1.83. The van der Waals surface area contributed by atoms with E-state index in [1.165, 1.54) is 0 Å². The average Bonchev–Trinajstić information content (AvgIpc) is 2.28. The van der Waals surface area contributed by atoms with Crippen LogP contribution in [0.5, 0.6) is 0 Å². The number of carbonyl (C=O) groups is 2. The maximum Gasteiger partial charge on any atom is 0.313 e. The molecule has 0 saturated carbocycles. The first-order chi connectivity index (χ1) is 8.50. The summed E-state index contributed by atoms with van der Waals surface area (Å²) >= 11 is 7.08. The van der Waals surface area contributed by atoms with Crippen molar-refractivity contribution < 1.29 is 14.7 Å². The summed E-state index contributed by atoms with van der Waals surface area (Å²) in [6, 6.07) is 7.08. The van der Waals surface area contributed by atoms with Crippen molar-refractivity contribution in [1.82, 2.24) is 5.32 Å². The second-order valence-electron chi connectivity index (χ2n) is 3.70. The number of carboxylic acid groups (broad SMARTS) is 1. The van der Waals surface area contributed by atoms with Crippen LogP contribution in [0.25, 0.3) is 0 Å². The Morgan fingerprint density at radius 3 is 2.67 bits per heavy atom. The molecule has 1 rings (SSSR count). The lowest BCUT2D eigenvalue weighted by Crippen LogP contribution is -2.28. The molecule has 0 saturated heterocycles. The summed E-state index contributed by atoms with van der Waals surface area (Å²) in [5, 5.41) is 11.8. The van der Waals surface area contributed by atoms with Gasteiger partial charge in [-0.15, -0.1) is 11.8 Å². The molecule has 1 atom stereocenters. The van der Waals surface area contributed by atoms with E-state index in [1.54, 1.807) is 6.07 Å². The Labute approximate surface area is 115 Å². The van der Waals surface area contributed by atoms with E-state index in [2.05, 4.69) is 5.32 Å². The minimum absolute atomic E-state index is 0.0755. The number of rotatable bonds is 6. The van der Waals surface area contributed by atoms with E-state index in [9.17, 15) is 9.59 Å². The highest BCUT2D eigenvalue weighted by Gasteiger charge is 2.12. The minimum Gasteiger partial charge on any atom is -0.481 e. The number of amides is 1. The molecular formula is C12H14ClNO3S. The zero-order valence-corrected chi connectivity index (χ0v) is 11.4. The van der Waals surface area contributed by atoms with E-state index >= 15 is 0 Å². The van der Waals surface area contributed by atoms with Crippen molar-refractivity contribution >= 4 is 35.2 Å². The quantitative estimate of drug-likeness (QED) is 0.843. The highest BCUT2D eigenvalue weighted by molar-refractivity contribution is 8.00. The second kappa shape index (κ2) is 7.28. The molecule has 0 bridgehead atoms. The molecule has 18 heavy (non-hydrogen) atoms. The van der Waals surface area contributed by atoms with Crippen molar-refractivity contribution in [2.24, 2.45) is 0 Å². The summed E-state index contributed by atoms with van der Waals surface area (Å²) in [5.74, 6) is -1.07. The molecule has 1 aromatic rings. The molecule has 1 aromatic carbocycles. The monoisotopic (exact) mass is 287 g/mol. The first-order valence-corrected chi connectivity index (χ1v) is 6.87. The van der Waals surface area contributed by atoms with E-state index in [0.717, 1.165) is 17.3 Å². The fraction of sp³-hybridized carbons (Fsp3) is 0.333. The Kier molecular flexibility index (Phi) is 6.01. The number of halogens is 1. The highest BCUT2D eigenvalue weighted by Crippen LogP contribution is 2.22. The van der Waals surface area contributed by atoms with Crippen molar-refractivity contribution in [3.8, 4) is 0 Å². The molecule has 0 unspecified atom stereocenters. The summed E-state index contributed by atoms with van der Waals surface area (Å²) in [5.41, 5.74) is 0.843. The van der Waals surface area contributed by atoms with Crippen LogP contribution in [0.2, 0.25) is 5.02 Å². The zero-order chi connectivity index (χ0) is 13.5. The number of nitrogens with one attached hydrogen (secondary N) is 1. The molecule has 2 N–H and O–H groups in total. The van der Waals surface area contributed by atoms with Crippen molar-refractivity contribution in [1.29, 1.82) is 0 Å². The largest absolute Gasteiger partial charge is 0.481 e. The van der Waals surface area contributed by atoms with E-state index < -0.39 is 5.97 Å². The van der Waals surface area contributed by atoms with Gasteiger partial charge in [-0.2, -0.15) is 0 Å².